The highest BCUT2D eigenvalue weighted by Gasteiger charge is 2.25. The van der Waals surface area contributed by atoms with Gasteiger partial charge < -0.3 is 19.8 Å². The van der Waals surface area contributed by atoms with Gasteiger partial charge in [-0.1, -0.05) is 6.92 Å². The fourth-order valence-corrected chi connectivity index (χ4v) is 4.05. The molecule has 0 aromatic carbocycles. The third-order valence-electron chi connectivity index (χ3n) is 4.95. The van der Waals surface area contributed by atoms with Crippen LogP contribution in [0.1, 0.15) is 36.0 Å². The van der Waals surface area contributed by atoms with Crippen LogP contribution in [0.2, 0.25) is 0 Å². The van der Waals surface area contributed by atoms with Crippen LogP contribution in [0, 0.1) is 6.92 Å². The van der Waals surface area contributed by atoms with Crippen LogP contribution < -0.4 is 10.6 Å². The second-order valence-electron chi connectivity index (χ2n) is 6.90. The topological polar surface area (TPSA) is 62.0 Å². The summed E-state index contributed by atoms with van der Waals surface area (Å²) in [6.45, 7) is 9.14. The van der Waals surface area contributed by atoms with Crippen molar-refractivity contribution < 1.29 is 9.15 Å². The van der Waals surface area contributed by atoms with Crippen LogP contribution in [0.4, 0.5) is 0 Å². The number of hydrogen-bond donors (Lipinski definition) is 2. The van der Waals surface area contributed by atoms with Gasteiger partial charge in [-0.15, -0.1) is 24.0 Å². The maximum absolute atomic E-state index is 5.93. The van der Waals surface area contributed by atoms with Crippen molar-refractivity contribution in [3.63, 3.8) is 0 Å². The van der Waals surface area contributed by atoms with Crippen molar-refractivity contribution >= 4 is 41.3 Å². The van der Waals surface area contributed by atoms with E-state index in [9.17, 15) is 0 Å². The molecule has 3 rings (SSSR count). The van der Waals surface area contributed by atoms with E-state index in [1.165, 1.54) is 5.56 Å². The molecule has 2 N–H and O–H groups in total. The maximum Gasteiger partial charge on any atom is 0.191 e. The lowest BCUT2D eigenvalue weighted by atomic mass is 10.1. The number of nitrogens with one attached hydrogen (secondary N) is 2. The number of ether oxygens (including phenoxy) is 1. The van der Waals surface area contributed by atoms with E-state index in [-0.39, 0.29) is 30.0 Å². The monoisotopic (exact) mass is 518 g/mol. The molecule has 2 atom stereocenters. The van der Waals surface area contributed by atoms with Crippen molar-refractivity contribution in [2.45, 2.75) is 25.8 Å². The summed E-state index contributed by atoms with van der Waals surface area (Å²) in [6, 6.07) is 6.45. The molecule has 0 aliphatic carbocycles. The molecule has 6 nitrogen and oxygen atoms in total. The Morgan fingerprint density at radius 2 is 1.96 bits per heavy atom. The molecule has 1 saturated heterocycles. The molecule has 1 aliphatic rings. The summed E-state index contributed by atoms with van der Waals surface area (Å²) >= 11 is 1.74. The molecule has 2 aromatic rings. The Hall–Kier alpha value is -1.10. The molecular weight excluding hydrogens is 487 g/mol. The lowest BCUT2D eigenvalue weighted by Gasteiger charge is -2.33. The standard InChI is InChI=1S/C20H30N4O2S.HI/c1-15(17-6-11-27-14-17)12-22-20(21-3)23-13-18(19-5-4-16(2)26-19)24-7-9-25-10-8-24;/h4-6,11,14-15,18H,7-10,12-13H2,1-3H3,(H2,21,22,23);1H. The van der Waals surface area contributed by atoms with Crippen LogP contribution in [0.15, 0.2) is 38.4 Å². The highest BCUT2D eigenvalue weighted by Crippen LogP contribution is 2.23. The summed E-state index contributed by atoms with van der Waals surface area (Å²) in [5, 5.41) is 11.2. The van der Waals surface area contributed by atoms with Crippen LogP contribution >= 0.6 is 35.3 Å². The van der Waals surface area contributed by atoms with Gasteiger partial charge in [-0.2, -0.15) is 11.3 Å². The van der Waals surface area contributed by atoms with E-state index >= 15 is 0 Å². The molecule has 0 spiro atoms. The molecule has 0 bridgehead atoms. The number of guanidine groups is 1. The second kappa shape index (κ2) is 11.8. The van der Waals surface area contributed by atoms with Gasteiger partial charge in [-0.05, 0) is 47.4 Å². The fraction of sp³-hybridized carbons (Fsp3) is 0.550. The molecule has 0 radical (unpaired) electrons. The first-order chi connectivity index (χ1) is 13.2. The Morgan fingerprint density at radius 3 is 2.57 bits per heavy atom. The molecule has 156 valence electrons. The average molecular weight is 518 g/mol. The first-order valence-corrected chi connectivity index (χ1v) is 10.5. The second-order valence-corrected chi connectivity index (χ2v) is 7.68. The van der Waals surface area contributed by atoms with E-state index in [1.807, 2.05) is 20.0 Å². The van der Waals surface area contributed by atoms with Crippen molar-refractivity contribution in [1.82, 2.24) is 15.5 Å². The van der Waals surface area contributed by atoms with Gasteiger partial charge in [0, 0.05) is 33.2 Å². The van der Waals surface area contributed by atoms with Gasteiger partial charge in [0.05, 0.1) is 19.3 Å². The summed E-state index contributed by atoms with van der Waals surface area (Å²) in [4.78, 5) is 6.79. The Balaban J connectivity index is 0.00000280. The van der Waals surface area contributed by atoms with Crippen molar-refractivity contribution in [3.05, 3.63) is 46.0 Å². The first-order valence-electron chi connectivity index (χ1n) is 9.52. The van der Waals surface area contributed by atoms with E-state index in [4.69, 9.17) is 9.15 Å². The minimum absolute atomic E-state index is 0. The summed E-state index contributed by atoms with van der Waals surface area (Å²) in [6.07, 6.45) is 0. The van der Waals surface area contributed by atoms with E-state index in [0.717, 1.165) is 56.9 Å². The quantitative estimate of drug-likeness (QED) is 0.333. The first kappa shape index (κ1) is 23.2. The minimum Gasteiger partial charge on any atom is -0.465 e. The maximum atomic E-state index is 5.93. The van der Waals surface area contributed by atoms with Crippen LogP contribution in [-0.2, 0) is 4.74 Å². The molecular formula is C20H31IN4O2S. The molecule has 0 amide bonds. The molecule has 1 aliphatic heterocycles. The Kier molecular flexibility index (Phi) is 9.76. The van der Waals surface area contributed by atoms with E-state index in [1.54, 1.807) is 11.3 Å². The Labute approximate surface area is 188 Å². The van der Waals surface area contributed by atoms with Gasteiger partial charge in [-0.3, -0.25) is 9.89 Å². The third kappa shape index (κ3) is 6.47. The number of aryl methyl sites for hydroxylation is 1. The highest BCUT2D eigenvalue weighted by molar-refractivity contribution is 14.0. The normalized spacial score (nSPS) is 17.6. The Bertz CT molecular complexity index is 714. The molecule has 0 saturated carbocycles. The van der Waals surface area contributed by atoms with E-state index < -0.39 is 0 Å². The number of furan rings is 1. The molecule has 8 heteroatoms. The predicted octanol–water partition coefficient (Wildman–Crippen LogP) is 3.61. The summed E-state index contributed by atoms with van der Waals surface area (Å²) < 4.78 is 11.4. The van der Waals surface area contributed by atoms with Crippen LogP contribution in [0.25, 0.3) is 0 Å². The van der Waals surface area contributed by atoms with Crippen molar-refractivity contribution in [2.24, 2.45) is 4.99 Å². The van der Waals surface area contributed by atoms with Gasteiger partial charge >= 0.3 is 0 Å². The van der Waals surface area contributed by atoms with E-state index in [0.29, 0.717) is 5.92 Å². The fourth-order valence-electron chi connectivity index (χ4n) is 3.27. The van der Waals surface area contributed by atoms with Crippen LogP contribution in [0.5, 0.6) is 0 Å². The number of thiophene rings is 1. The smallest absolute Gasteiger partial charge is 0.191 e. The van der Waals surface area contributed by atoms with Gasteiger partial charge in [0.2, 0.25) is 0 Å². The van der Waals surface area contributed by atoms with Gasteiger partial charge in [0.1, 0.15) is 11.5 Å². The number of halogens is 1. The molecule has 2 aromatic heterocycles. The van der Waals surface area contributed by atoms with Crippen LogP contribution in [-0.4, -0.2) is 57.3 Å². The summed E-state index contributed by atoms with van der Waals surface area (Å²) in [7, 11) is 1.81. The SMILES string of the molecule is CN=C(NCC(C)c1ccsc1)NCC(c1ccc(C)o1)N1CCOCC1.I. The zero-order chi connectivity index (χ0) is 19.1. The van der Waals surface area contributed by atoms with Crippen molar-refractivity contribution in [3.8, 4) is 0 Å². The number of nitrogens with zero attached hydrogens (tertiary/aromatic N) is 2. The van der Waals surface area contributed by atoms with E-state index in [2.05, 4.69) is 50.3 Å². The third-order valence-corrected chi connectivity index (χ3v) is 5.65. The summed E-state index contributed by atoms with van der Waals surface area (Å²) in [5.74, 6) is 3.19. The number of hydrogen-bond acceptors (Lipinski definition) is 5. The lowest BCUT2D eigenvalue weighted by Crippen LogP contribution is -2.46. The van der Waals surface area contributed by atoms with Crippen molar-refractivity contribution in [1.29, 1.82) is 0 Å². The zero-order valence-corrected chi connectivity index (χ0v) is 20.0. The molecule has 1 fully saturated rings. The van der Waals surface area contributed by atoms with Gasteiger partial charge in [-0.25, -0.2) is 0 Å². The predicted molar refractivity (Wildman–Crippen MR) is 126 cm³/mol. The highest BCUT2D eigenvalue weighted by atomic mass is 127. The number of rotatable bonds is 7. The number of aliphatic imine (C=N–C) groups is 1. The minimum atomic E-state index is 0. The lowest BCUT2D eigenvalue weighted by molar-refractivity contribution is 0.0124. The average Bonchev–Trinajstić information content (AvgIpc) is 3.37. The van der Waals surface area contributed by atoms with Crippen molar-refractivity contribution in [2.75, 3.05) is 46.4 Å². The zero-order valence-electron chi connectivity index (χ0n) is 16.8. The van der Waals surface area contributed by atoms with Crippen LogP contribution in [0.3, 0.4) is 0 Å². The molecule has 2 unspecified atom stereocenters. The number of morpholine rings is 1. The van der Waals surface area contributed by atoms with Gasteiger partial charge in [0.25, 0.3) is 0 Å². The summed E-state index contributed by atoms with van der Waals surface area (Å²) in [5.41, 5.74) is 1.36. The Morgan fingerprint density at radius 1 is 1.21 bits per heavy atom. The van der Waals surface area contributed by atoms with Gasteiger partial charge in [0.15, 0.2) is 5.96 Å². The largest absolute Gasteiger partial charge is 0.465 e. The molecule has 28 heavy (non-hydrogen) atoms. The molecule has 3 heterocycles.